The van der Waals surface area contributed by atoms with Crippen LogP contribution in [0.1, 0.15) is 0 Å². The Hall–Kier alpha value is -1.74. The number of rotatable bonds is 5. The average Bonchev–Trinajstić information content (AvgIpc) is 2.45. The van der Waals surface area contributed by atoms with Crippen LogP contribution in [-0.2, 0) is 10.0 Å². The van der Waals surface area contributed by atoms with Gasteiger partial charge in [0.05, 0.1) is 11.4 Å². The van der Waals surface area contributed by atoms with Gasteiger partial charge in [-0.25, -0.2) is 12.8 Å². The maximum absolute atomic E-state index is 13.6. The monoisotopic (exact) mass is 365 g/mol. The Kier molecular flexibility index (Phi) is 5.20. The van der Waals surface area contributed by atoms with Crippen molar-refractivity contribution in [1.82, 2.24) is 0 Å². The van der Waals surface area contributed by atoms with Crippen LogP contribution in [0, 0.1) is 5.82 Å². The summed E-state index contributed by atoms with van der Waals surface area (Å²) in [5.74, 6) is -2.11. The summed E-state index contributed by atoms with van der Waals surface area (Å²) in [5.41, 5.74) is -0.0370. The van der Waals surface area contributed by atoms with Crippen LogP contribution in [0.5, 0.6) is 0 Å². The predicted molar refractivity (Wildman–Crippen MR) is 80.4 cm³/mol. The van der Waals surface area contributed by atoms with Gasteiger partial charge < -0.3 is 0 Å². The molecule has 0 aliphatic heterocycles. The first-order valence-electron chi connectivity index (χ1n) is 6.25. The number of thioether (sulfide) groups is 1. The molecule has 0 aliphatic carbocycles. The molecule has 0 radical (unpaired) electrons. The topological polar surface area (TPSA) is 46.2 Å². The molecule has 1 N–H and O–H groups in total. The molecule has 23 heavy (non-hydrogen) atoms. The Bertz CT molecular complexity index is 791. The van der Waals surface area contributed by atoms with Crippen molar-refractivity contribution in [3.63, 3.8) is 0 Å². The fourth-order valence-electron chi connectivity index (χ4n) is 1.70. The van der Waals surface area contributed by atoms with E-state index in [1.807, 2.05) is 0 Å². The molecule has 0 unspecified atom stereocenters. The van der Waals surface area contributed by atoms with E-state index in [1.165, 1.54) is 36.4 Å². The smallest absolute Gasteiger partial charge is 0.278 e. The van der Waals surface area contributed by atoms with Crippen molar-refractivity contribution in [3.05, 3.63) is 54.3 Å². The van der Waals surface area contributed by atoms with Crippen molar-refractivity contribution in [3.8, 4) is 0 Å². The average molecular weight is 365 g/mol. The molecule has 0 fully saturated rings. The van der Waals surface area contributed by atoms with Crippen molar-refractivity contribution in [2.24, 2.45) is 0 Å². The van der Waals surface area contributed by atoms with Gasteiger partial charge >= 0.3 is 6.18 Å². The Balaban J connectivity index is 2.28. The van der Waals surface area contributed by atoms with E-state index in [-0.39, 0.29) is 10.6 Å². The summed E-state index contributed by atoms with van der Waals surface area (Å²) in [7, 11) is -4.24. The van der Waals surface area contributed by atoms with Gasteiger partial charge in [0.15, 0.2) is 0 Å². The first-order valence-corrected chi connectivity index (χ1v) is 8.72. The van der Waals surface area contributed by atoms with E-state index in [9.17, 15) is 26.0 Å². The third-order valence-electron chi connectivity index (χ3n) is 2.65. The lowest BCUT2D eigenvalue weighted by Gasteiger charge is -2.13. The molecule has 2 aromatic carbocycles. The molecule has 9 heteroatoms. The molecule has 0 heterocycles. The molecular weight excluding hydrogens is 354 g/mol. The molecule has 0 saturated heterocycles. The van der Waals surface area contributed by atoms with Gasteiger partial charge in [0.1, 0.15) is 10.7 Å². The first kappa shape index (κ1) is 17.6. The minimum absolute atomic E-state index is 0.0370. The van der Waals surface area contributed by atoms with Gasteiger partial charge in [0.2, 0.25) is 0 Å². The van der Waals surface area contributed by atoms with Crippen molar-refractivity contribution < 1.29 is 26.0 Å². The summed E-state index contributed by atoms with van der Waals surface area (Å²) >= 11 is 0.448. The largest absolute Gasteiger partial charge is 0.398 e. The molecule has 0 spiro atoms. The minimum atomic E-state index is -4.39. The molecule has 0 amide bonds. The molecular formula is C14H11F4NO2S2. The summed E-state index contributed by atoms with van der Waals surface area (Å²) in [6.45, 7) is 0. The Morgan fingerprint density at radius 2 is 1.61 bits per heavy atom. The van der Waals surface area contributed by atoms with Crippen LogP contribution in [0.25, 0.3) is 0 Å². The molecule has 2 aromatic rings. The minimum Gasteiger partial charge on any atom is -0.278 e. The summed E-state index contributed by atoms with van der Waals surface area (Å²) in [6, 6.07) is 10.4. The fourth-order valence-corrected chi connectivity index (χ4v) is 3.69. The van der Waals surface area contributed by atoms with E-state index in [0.29, 0.717) is 11.8 Å². The van der Waals surface area contributed by atoms with Gasteiger partial charge in [-0.1, -0.05) is 24.3 Å². The van der Waals surface area contributed by atoms with Crippen LogP contribution in [0.4, 0.5) is 23.2 Å². The Morgan fingerprint density at radius 3 is 2.26 bits per heavy atom. The van der Waals surface area contributed by atoms with E-state index in [1.54, 1.807) is 0 Å². The van der Waals surface area contributed by atoms with E-state index in [2.05, 4.69) is 4.72 Å². The number of halogens is 4. The van der Waals surface area contributed by atoms with Crippen LogP contribution < -0.4 is 4.72 Å². The maximum Gasteiger partial charge on any atom is 0.398 e. The second kappa shape index (κ2) is 6.79. The van der Waals surface area contributed by atoms with E-state index >= 15 is 0 Å². The van der Waals surface area contributed by atoms with Gasteiger partial charge in [0.25, 0.3) is 10.0 Å². The van der Waals surface area contributed by atoms with Gasteiger partial charge in [-0.05, 0) is 24.3 Å². The quantitative estimate of drug-likeness (QED) is 0.635. The van der Waals surface area contributed by atoms with Crippen molar-refractivity contribution in [2.45, 2.75) is 16.0 Å². The number of sulfonamides is 1. The van der Waals surface area contributed by atoms with Gasteiger partial charge in [-0.3, -0.25) is 4.72 Å². The number of hydrogen-bond acceptors (Lipinski definition) is 3. The van der Waals surface area contributed by atoms with E-state index in [0.717, 1.165) is 12.1 Å². The molecule has 0 aromatic heterocycles. The highest BCUT2D eigenvalue weighted by Crippen LogP contribution is 2.33. The highest BCUT2D eigenvalue weighted by Gasteiger charge is 2.28. The van der Waals surface area contributed by atoms with E-state index in [4.69, 9.17) is 0 Å². The van der Waals surface area contributed by atoms with Gasteiger partial charge in [-0.15, -0.1) is 11.8 Å². The molecule has 0 aliphatic rings. The fraction of sp³-hybridized carbons (Fsp3) is 0.143. The summed E-state index contributed by atoms with van der Waals surface area (Å²) in [5, 5.41) is 0. The normalized spacial score (nSPS) is 12.2. The first-order chi connectivity index (χ1) is 10.7. The van der Waals surface area contributed by atoms with Crippen LogP contribution in [0.15, 0.2) is 58.3 Å². The molecule has 0 bridgehead atoms. The van der Waals surface area contributed by atoms with Crippen LogP contribution in [0.2, 0.25) is 0 Å². The highest BCUT2D eigenvalue weighted by atomic mass is 32.2. The standard InChI is InChI=1S/C14H11F4NO2S2/c15-10-5-1-4-8-13(10)23(20,21)19-11-6-2-3-7-12(11)22-9-14(16,17)18/h1-8,19H,9H2. The number of benzene rings is 2. The summed E-state index contributed by atoms with van der Waals surface area (Å²) in [6.07, 6.45) is -4.39. The van der Waals surface area contributed by atoms with Crippen LogP contribution in [0.3, 0.4) is 0 Å². The number of hydrogen-bond donors (Lipinski definition) is 1. The second-order valence-electron chi connectivity index (χ2n) is 4.44. The van der Waals surface area contributed by atoms with Crippen molar-refractivity contribution in [2.75, 3.05) is 10.5 Å². The van der Waals surface area contributed by atoms with Gasteiger partial charge in [0, 0.05) is 4.90 Å². The second-order valence-corrected chi connectivity index (χ2v) is 7.10. The third kappa shape index (κ3) is 4.87. The molecule has 124 valence electrons. The zero-order valence-electron chi connectivity index (χ0n) is 11.5. The molecule has 2 rings (SSSR count). The summed E-state index contributed by atoms with van der Waals surface area (Å²) in [4.78, 5) is -0.472. The zero-order chi connectivity index (χ0) is 17.1. The number of anilines is 1. The van der Waals surface area contributed by atoms with Crippen molar-refractivity contribution in [1.29, 1.82) is 0 Å². The number of alkyl halides is 3. The predicted octanol–water partition coefficient (Wildman–Crippen LogP) is 4.28. The van der Waals surface area contributed by atoms with Crippen LogP contribution in [-0.4, -0.2) is 20.3 Å². The molecule has 0 saturated carbocycles. The maximum atomic E-state index is 13.6. The van der Waals surface area contributed by atoms with Crippen molar-refractivity contribution >= 4 is 27.5 Å². The zero-order valence-corrected chi connectivity index (χ0v) is 13.1. The highest BCUT2D eigenvalue weighted by molar-refractivity contribution is 7.99. The Labute approximate surface area is 134 Å². The summed E-state index contributed by atoms with van der Waals surface area (Å²) < 4.78 is 77.1. The lowest BCUT2D eigenvalue weighted by molar-refractivity contribution is -0.105. The Morgan fingerprint density at radius 1 is 1.00 bits per heavy atom. The lowest BCUT2D eigenvalue weighted by Crippen LogP contribution is -2.15. The van der Waals surface area contributed by atoms with E-state index < -0.39 is 32.7 Å². The lowest BCUT2D eigenvalue weighted by atomic mass is 10.3. The number of nitrogens with one attached hydrogen (secondary N) is 1. The number of para-hydroxylation sites is 1. The molecule has 0 atom stereocenters. The van der Waals surface area contributed by atoms with Crippen LogP contribution >= 0.6 is 11.8 Å². The third-order valence-corrected chi connectivity index (χ3v) is 5.19. The van der Waals surface area contributed by atoms with Gasteiger partial charge in [-0.2, -0.15) is 13.2 Å². The SMILES string of the molecule is O=S(=O)(Nc1ccccc1SCC(F)(F)F)c1ccccc1F. The molecule has 3 nitrogen and oxygen atoms in total.